The summed E-state index contributed by atoms with van der Waals surface area (Å²) in [5, 5.41) is 17.3. The molecule has 1 amide bonds. The van der Waals surface area contributed by atoms with Gasteiger partial charge in [0.25, 0.3) is 0 Å². The molecule has 1 unspecified atom stereocenters. The Labute approximate surface area is 217 Å². The molecule has 3 aromatic rings. The second-order valence-corrected chi connectivity index (χ2v) is 8.73. The number of hydrogen-bond donors (Lipinski definition) is 3. The molecule has 1 atom stereocenters. The summed E-state index contributed by atoms with van der Waals surface area (Å²) in [6.45, 7) is 2.34. The van der Waals surface area contributed by atoms with E-state index in [4.69, 9.17) is 15.9 Å². The van der Waals surface area contributed by atoms with E-state index >= 15 is 0 Å². The summed E-state index contributed by atoms with van der Waals surface area (Å²) in [6, 6.07) is 12.2. The lowest BCUT2D eigenvalue weighted by atomic mass is 9.95. The zero-order chi connectivity index (χ0) is 28.1. The van der Waals surface area contributed by atoms with Crippen LogP contribution in [0, 0.1) is 18.8 Å². The number of likely N-dealkylation sites (tertiary alicyclic amines) is 1. The number of alkyl halides is 3. The molecule has 38 heavy (non-hydrogen) atoms. The third-order valence-corrected chi connectivity index (χ3v) is 5.77. The van der Waals surface area contributed by atoms with Gasteiger partial charge in [0.05, 0.1) is 11.3 Å². The molecule has 0 spiro atoms. The molecule has 1 aliphatic rings. The SMILES string of the molecule is Cc1cc(-c2ccc(C(F)(F)F)cc2)nc(C#CCC2(N)CCN(C)C2=O)n1.O=C(O)c1ccccc1O. The monoisotopic (exact) mass is 526 g/mol. The number of carboxylic acids is 1. The van der Waals surface area contributed by atoms with E-state index in [1.807, 2.05) is 0 Å². The summed E-state index contributed by atoms with van der Waals surface area (Å²) in [6.07, 6.45) is -3.67. The van der Waals surface area contributed by atoms with Crippen molar-refractivity contribution in [1.29, 1.82) is 0 Å². The van der Waals surface area contributed by atoms with Crippen molar-refractivity contribution in [3.8, 4) is 28.8 Å². The molecule has 2 aromatic carbocycles. The van der Waals surface area contributed by atoms with Crippen molar-refractivity contribution in [2.45, 2.75) is 31.5 Å². The van der Waals surface area contributed by atoms with Crippen molar-refractivity contribution >= 4 is 11.9 Å². The average molecular weight is 527 g/mol. The van der Waals surface area contributed by atoms with Gasteiger partial charge in [-0.2, -0.15) is 13.2 Å². The summed E-state index contributed by atoms with van der Waals surface area (Å²) in [5.41, 5.74) is 5.99. The molecule has 4 rings (SSSR count). The van der Waals surface area contributed by atoms with Crippen LogP contribution in [-0.4, -0.2) is 56.1 Å². The zero-order valence-electron chi connectivity index (χ0n) is 20.6. The Kier molecular flexibility index (Phi) is 8.38. The summed E-state index contributed by atoms with van der Waals surface area (Å²) in [4.78, 5) is 32.5. The summed E-state index contributed by atoms with van der Waals surface area (Å²) in [7, 11) is 1.70. The predicted octanol–water partition coefficient (Wildman–Crippen LogP) is 3.86. The Morgan fingerprint density at radius 2 is 1.82 bits per heavy atom. The first kappa shape index (κ1) is 28.1. The van der Waals surface area contributed by atoms with Gasteiger partial charge in [-0.15, -0.1) is 0 Å². The van der Waals surface area contributed by atoms with Crippen molar-refractivity contribution in [2.75, 3.05) is 13.6 Å². The van der Waals surface area contributed by atoms with Gasteiger partial charge < -0.3 is 20.8 Å². The van der Waals surface area contributed by atoms with Crippen molar-refractivity contribution in [1.82, 2.24) is 14.9 Å². The lowest BCUT2D eigenvalue weighted by Crippen LogP contribution is -2.46. The first-order valence-corrected chi connectivity index (χ1v) is 11.4. The standard InChI is InChI=1S/C20H19F3N4O.C7H6O3/c1-13-12-16(14-5-7-15(8-6-14)20(21,22)23)26-17(25-13)4-3-9-19(24)10-11-27(2)18(19)28;8-6-4-2-1-3-5(6)7(9)10/h5-8,12H,9-11,24H2,1-2H3;1-4,8H,(H,9,10). The first-order chi connectivity index (χ1) is 17.8. The number of likely N-dealkylation sites (N-methyl/N-ethyl adjacent to an activating group) is 1. The summed E-state index contributed by atoms with van der Waals surface area (Å²) in [5.74, 6) is 4.47. The number of carboxylic acid groups (broad SMARTS) is 1. The largest absolute Gasteiger partial charge is 0.507 e. The second-order valence-electron chi connectivity index (χ2n) is 8.73. The number of amides is 1. The number of carbonyl (C=O) groups excluding carboxylic acids is 1. The number of carbonyl (C=O) groups is 2. The van der Waals surface area contributed by atoms with Crippen LogP contribution in [0.3, 0.4) is 0 Å². The number of rotatable bonds is 3. The van der Waals surface area contributed by atoms with Crippen LogP contribution in [0.5, 0.6) is 5.75 Å². The zero-order valence-corrected chi connectivity index (χ0v) is 20.6. The van der Waals surface area contributed by atoms with Gasteiger partial charge >= 0.3 is 12.1 Å². The molecular formula is C27H25F3N4O4. The average Bonchev–Trinajstić information content (AvgIpc) is 3.11. The lowest BCUT2D eigenvalue weighted by Gasteiger charge is -2.18. The molecule has 4 N–H and O–H groups in total. The van der Waals surface area contributed by atoms with E-state index in [2.05, 4.69) is 21.8 Å². The molecule has 0 radical (unpaired) electrons. The molecular weight excluding hydrogens is 501 g/mol. The lowest BCUT2D eigenvalue weighted by molar-refractivity contribution is -0.137. The van der Waals surface area contributed by atoms with Crippen molar-refractivity contribution in [2.24, 2.45) is 5.73 Å². The van der Waals surface area contributed by atoms with Gasteiger partial charge in [-0.1, -0.05) is 30.2 Å². The van der Waals surface area contributed by atoms with Crippen LogP contribution in [0.25, 0.3) is 11.3 Å². The minimum absolute atomic E-state index is 0.0671. The molecule has 198 valence electrons. The summed E-state index contributed by atoms with van der Waals surface area (Å²) < 4.78 is 38.2. The summed E-state index contributed by atoms with van der Waals surface area (Å²) >= 11 is 0. The Hall–Kier alpha value is -4.43. The van der Waals surface area contributed by atoms with E-state index in [1.54, 1.807) is 37.1 Å². The Morgan fingerprint density at radius 1 is 1.16 bits per heavy atom. The highest BCUT2D eigenvalue weighted by atomic mass is 19.4. The van der Waals surface area contributed by atoms with E-state index < -0.39 is 23.2 Å². The number of aryl methyl sites for hydroxylation is 1. The van der Waals surface area contributed by atoms with Crippen molar-refractivity contribution < 1.29 is 33.0 Å². The molecule has 0 bridgehead atoms. The number of aromatic hydroxyl groups is 1. The fourth-order valence-electron chi connectivity index (χ4n) is 3.66. The van der Waals surface area contributed by atoms with Gasteiger partial charge in [-0.3, -0.25) is 4.79 Å². The van der Waals surface area contributed by atoms with Crippen molar-refractivity contribution in [3.63, 3.8) is 0 Å². The van der Waals surface area contributed by atoms with Gasteiger partial charge in [0.2, 0.25) is 11.7 Å². The molecule has 2 heterocycles. The predicted molar refractivity (Wildman–Crippen MR) is 133 cm³/mol. The molecule has 1 aromatic heterocycles. The van der Waals surface area contributed by atoms with E-state index in [0.29, 0.717) is 29.9 Å². The van der Waals surface area contributed by atoms with Gasteiger partial charge in [0, 0.05) is 31.3 Å². The number of nitrogens with zero attached hydrogens (tertiary/aromatic N) is 3. The number of aromatic carboxylic acids is 1. The Balaban J connectivity index is 0.000000336. The van der Waals surface area contributed by atoms with Crippen LogP contribution in [0.1, 0.15) is 40.3 Å². The minimum atomic E-state index is -4.39. The second kappa shape index (κ2) is 11.3. The normalized spacial score (nSPS) is 16.8. The van der Waals surface area contributed by atoms with E-state index in [9.17, 15) is 22.8 Å². The van der Waals surface area contributed by atoms with E-state index in [0.717, 1.165) is 12.1 Å². The van der Waals surface area contributed by atoms with Gasteiger partial charge in [-0.05, 0) is 49.6 Å². The molecule has 1 aliphatic heterocycles. The Morgan fingerprint density at radius 3 is 2.34 bits per heavy atom. The first-order valence-electron chi connectivity index (χ1n) is 11.4. The smallest absolute Gasteiger partial charge is 0.416 e. The van der Waals surface area contributed by atoms with Crippen LogP contribution in [-0.2, 0) is 11.0 Å². The third-order valence-electron chi connectivity index (χ3n) is 5.77. The number of phenols is 1. The van der Waals surface area contributed by atoms with Gasteiger partial charge in [0.15, 0.2) is 0 Å². The fourth-order valence-corrected chi connectivity index (χ4v) is 3.66. The quantitative estimate of drug-likeness (QED) is 0.442. The fraction of sp³-hybridized carbons (Fsp3) is 0.259. The molecule has 0 aliphatic carbocycles. The molecule has 8 nitrogen and oxygen atoms in total. The maximum atomic E-state index is 12.7. The molecule has 1 saturated heterocycles. The Bertz CT molecular complexity index is 1400. The third kappa shape index (κ3) is 6.86. The van der Waals surface area contributed by atoms with Gasteiger partial charge in [0.1, 0.15) is 16.9 Å². The topological polar surface area (TPSA) is 130 Å². The number of halogens is 3. The minimum Gasteiger partial charge on any atom is -0.507 e. The van der Waals surface area contributed by atoms with Crippen LogP contribution in [0.15, 0.2) is 54.6 Å². The van der Waals surface area contributed by atoms with Gasteiger partial charge in [-0.25, -0.2) is 14.8 Å². The molecule has 1 fully saturated rings. The van der Waals surface area contributed by atoms with Crippen LogP contribution < -0.4 is 5.73 Å². The van der Waals surface area contributed by atoms with E-state index in [-0.39, 0.29) is 29.5 Å². The van der Waals surface area contributed by atoms with Crippen LogP contribution in [0.4, 0.5) is 13.2 Å². The number of hydrogen-bond acceptors (Lipinski definition) is 6. The van der Waals surface area contributed by atoms with Crippen molar-refractivity contribution in [3.05, 3.63) is 77.2 Å². The number of para-hydroxylation sites is 1. The number of nitrogens with two attached hydrogens (primary N) is 1. The highest BCUT2D eigenvalue weighted by Gasteiger charge is 2.41. The molecule has 0 saturated carbocycles. The maximum Gasteiger partial charge on any atom is 0.416 e. The molecule has 11 heteroatoms. The van der Waals surface area contributed by atoms with Crippen LogP contribution >= 0.6 is 0 Å². The highest BCUT2D eigenvalue weighted by Crippen LogP contribution is 2.30. The van der Waals surface area contributed by atoms with Crippen LogP contribution in [0.2, 0.25) is 0 Å². The highest BCUT2D eigenvalue weighted by molar-refractivity contribution is 5.90. The number of aromatic nitrogens is 2. The number of benzene rings is 2. The maximum absolute atomic E-state index is 12.7. The van der Waals surface area contributed by atoms with E-state index in [1.165, 1.54) is 24.3 Å².